The molecule has 1 amide bonds. The van der Waals surface area contributed by atoms with Gasteiger partial charge in [-0.25, -0.2) is 0 Å². The zero-order chi connectivity index (χ0) is 14.9. The van der Waals surface area contributed by atoms with Crippen LogP contribution in [0.15, 0.2) is 48.8 Å². The summed E-state index contributed by atoms with van der Waals surface area (Å²) in [6, 6.07) is 11.3. The number of aromatic nitrogens is 1. The number of carbonyl (C=O) groups excluding carboxylic acids is 1. The van der Waals surface area contributed by atoms with Crippen LogP contribution in [0.3, 0.4) is 0 Å². The van der Waals surface area contributed by atoms with Gasteiger partial charge < -0.3 is 15.4 Å². The molecule has 0 aliphatic carbocycles. The molecule has 1 heterocycles. The van der Waals surface area contributed by atoms with Gasteiger partial charge in [0, 0.05) is 43.2 Å². The predicted molar refractivity (Wildman–Crippen MR) is 81.3 cm³/mol. The summed E-state index contributed by atoms with van der Waals surface area (Å²) in [7, 11) is 1.66. The predicted octanol–water partition coefficient (Wildman–Crippen LogP) is 1.61. The zero-order valence-corrected chi connectivity index (χ0v) is 12.0. The number of ether oxygens (including phenoxy) is 1. The Morgan fingerprint density at radius 1 is 1.14 bits per heavy atom. The van der Waals surface area contributed by atoms with Crippen molar-refractivity contribution in [3.8, 4) is 5.75 Å². The first-order valence-corrected chi connectivity index (χ1v) is 6.82. The third kappa shape index (κ3) is 4.57. The van der Waals surface area contributed by atoms with Crippen LogP contribution >= 0.6 is 0 Å². The molecular weight excluding hydrogens is 266 g/mol. The van der Waals surface area contributed by atoms with Gasteiger partial charge in [-0.15, -0.1) is 0 Å². The van der Waals surface area contributed by atoms with Gasteiger partial charge >= 0.3 is 0 Å². The van der Waals surface area contributed by atoms with E-state index in [4.69, 9.17) is 4.74 Å². The number of hydrogen-bond acceptors (Lipinski definition) is 4. The van der Waals surface area contributed by atoms with Crippen molar-refractivity contribution in [3.05, 3.63) is 59.9 Å². The first kappa shape index (κ1) is 15.0. The van der Waals surface area contributed by atoms with Crippen molar-refractivity contribution < 1.29 is 9.53 Å². The molecule has 2 rings (SSSR count). The third-order valence-electron chi connectivity index (χ3n) is 3.04. The molecule has 0 saturated carbocycles. The molecule has 0 aliphatic rings. The van der Waals surface area contributed by atoms with Crippen LogP contribution in [0.1, 0.15) is 15.9 Å². The van der Waals surface area contributed by atoms with E-state index in [1.807, 2.05) is 24.3 Å². The van der Waals surface area contributed by atoms with Crippen molar-refractivity contribution in [3.63, 3.8) is 0 Å². The summed E-state index contributed by atoms with van der Waals surface area (Å²) in [6.45, 7) is 1.96. The topological polar surface area (TPSA) is 63.2 Å². The van der Waals surface area contributed by atoms with Gasteiger partial charge in [0.05, 0.1) is 7.11 Å². The molecule has 2 N–H and O–H groups in total. The lowest BCUT2D eigenvalue weighted by atomic mass is 10.2. The standard InChI is InChI=1S/C16H19N3O2/c1-21-15-5-3-2-4-14(15)12-18-10-11-19-16(20)13-6-8-17-9-7-13/h2-9,18H,10-12H2,1H3,(H,19,20). The van der Waals surface area contributed by atoms with Crippen molar-refractivity contribution in [2.75, 3.05) is 20.2 Å². The number of rotatable bonds is 7. The molecule has 0 atom stereocenters. The highest BCUT2D eigenvalue weighted by Crippen LogP contribution is 2.16. The summed E-state index contributed by atoms with van der Waals surface area (Å²) in [4.78, 5) is 15.7. The Kier molecular flexibility index (Phi) is 5.72. The summed E-state index contributed by atoms with van der Waals surface area (Å²) >= 11 is 0. The molecule has 0 aliphatic heterocycles. The number of pyridine rings is 1. The number of nitrogens with zero attached hydrogens (tertiary/aromatic N) is 1. The fourth-order valence-electron chi connectivity index (χ4n) is 1.94. The number of carbonyl (C=O) groups is 1. The quantitative estimate of drug-likeness (QED) is 0.759. The summed E-state index contributed by atoms with van der Waals surface area (Å²) < 4.78 is 5.28. The molecule has 2 aromatic rings. The monoisotopic (exact) mass is 285 g/mol. The first-order chi connectivity index (χ1) is 10.3. The van der Waals surface area contributed by atoms with Crippen molar-refractivity contribution in [2.24, 2.45) is 0 Å². The van der Waals surface area contributed by atoms with Gasteiger partial charge in [0.25, 0.3) is 5.91 Å². The van der Waals surface area contributed by atoms with E-state index in [2.05, 4.69) is 15.6 Å². The number of methoxy groups -OCH3 is 1. The van der Waals surface area contributed by atoms with Crippen LogP contribution in [-0.4, -0.2) is 31.1 Å². The molecule has 0 fully saturated rings. The van der Waals surface area contributed by atoms with E-state index in [0.717, 1.165) is 11.3 Å². The minimum absolute atomic E-state index is 0.0866. The van der Waals surface area contributed by atoms with Gasteiger partial charge in [-0.2, -0.15) is 0 Å². The molecule has 5 heteroatoms. The second-order valence-electron chi connectivity index (χ2n) is 4.48. The first-order valence-electron chi connectivity index (χ1n) is 6.82. The van der Waals surface area contributed by atoms with Crippen molar-refractivity contribution in [2.45, 2.75) is 6.54 Å². The Morgan fingerprint density at radius 3 is 2.67 bits per heavy atom. The highest BCUT2D eigenvalue weighted by molar-refractivity contribution is 5.93. The molecule has 0 saturated heterocycles. The molecule has 0 unspecified atom stereocenters. The summed E-state index contributed by atoms with van der Waals surface area (Å²) in [5, 5.41) is 6.13. The zero-order valence-electron chi connectivity index (χ0n) is 12.0. The molecule has 21 heavy (non-hydrogen) atoms. The lowest BCUT2D eigenvalue weighted by Crippen LogP contribution is -2.31. The largest absolute Gasteiger partial charge is 0.496 e. The van der Waals surface area contributed by atoms with E-state index in [-0.39, 0.29) is 5.91 Å². The molecule has 110 valence electrons. The Labute approximate surface area is 124 Å². The lowest BCUT2D eigenvalue weighted by Gasteiger charge is -2.10. The highest BCUT2D eigenvalue weighted by atomic mass is 16.5. The van der Waals surface area contributed by atoms with Crippen LogP contribution in [0.5, 0.6) is 5.75 Å². The molecule has 0 radical (unpaired) electrons. The van der Waals surface area contributed by atoms with Gasteiger partial charge in [-0.05, 0) is 18.2 Å². The molecule has 1 aromatic carbocycles. The fourth-order valence-corrected chi connectivity index (χ4v) is 1.94. The van der Waals surface area contributed by atoms with Crippen LogP contribution in [0.4, 0.5) is 0 Å². The Morgan fingerprint density at radius 2 is 1.90 bits per heavy atom. The average molecular weight is 285 g/mol. The molecule has 0 spiro atoms. The van der Waals surface area contributed by atoms with E-state index in [0.29, 0.717) is 25.2 Å². The Bertz CT molecular complexity index is 573. The molecular formula is C16H19N3O2. The molecule has 5 nitrogen and oxygen atoms in total. The normalized spacial score (nSPS) is 10.1. The maximum Gasteiger partial charge on any atom is 0.251 e. The van der Waals surface area contributed by atoms with Gasteiger partial charge in [0.2, 0.25) is 0 Å². The number of hydrogen-bond donors (Lipinski definition) is 2. The third-order valence-corrected chi connectivity index (χ3v) is 3.04. The van der Waals surface area contributed by atoms with Crippen LogP contribution in [0.25, 0.3) is 0 Å². The molecule has 1 aromatic heterocycles. The second-order valence-corrected chi connectivity index (χ2v) is 4.48. The Balaban J connectivity index is 1.70. The number of para-hydroxylation sites is 1. The average Bonchev–Trinajstić information content (AvgIpc) is 2.55. The van der Waals surface area contributed by atoms with E-state index >= 15 is 0 Å². The van der Waals surface area contributed by atoms with Gasteiger partial charge in [0.1, 0.15) is 5.75 Å². The summed E-state index contributed by atoms with van der Waals surface area (Å²) in [5.74, 6) is 0.780. The number of nitrogens with one attached hydrogen (secondary N) is 2. The summed E-state index contributed by atoms with van der Waals surface area (Å²) in [5.41, 5.74) is 1.72. The second kappa shape index (κ2) is 8.01. The smallest absolute Gasteiger partial charge is 0.251 e. The van der Waals surface area contributed by atoms with Crippen molar-refractivity contribution in [1.29, 1.82) is 0 Å². The van der Waals surface area contributed by atoms with Gasteiger partial charge in [-0.1, -0.05) is 18.2 Å². The van der Waals surface area contributed by atoms with Gasteiger partial charge in [-0.3, -0.25) is 9.78 Å². The highest BCUT2D eigenvalue weighted by Gasteiger charge is 2.03. The number of amides is 1. The van der Waals surface area contributed by atoms with Crippen LogP contribution < -0.4 is 15.4 Å². The van der Waals surface area contributed by atoms with E-state index in [1.54, 1.807) is 31.6 Å². The van der Waals surface area contributed by atoms with E-state index in [9.17, 15) is 4.79 Å². The summed E-state index contributed by atoms with van der Waals surface area (Å²) in [6.07, 6.45) is 3.21. The van der Waals surface area contributed by atoms with Crippen molar-refractivity contribution in [1.82, 2.24) is 15.6 Å². The van der Waals surface area contributed by atoms with Crippen LogP contribution in [0.2, 0.25) is 0 Å². The van der Waals surface area contributed by atoms with Crippen molar-refractivity contribution >= 4 is 5.91 Å². The van der Waals surface area contributed by atoms with Crippen LogP contribution in [0, 0.1) is 0 Å². The molecule has 0 bridgehead atoms. The van der Waals surface area contributed by atoms with Crippen LogP contribution in [-0.2, 0) is 6.54 Å². The van der Waals surface area contributed by atoms with E-state index in [1.165, 1.54) is 0 Å². The maximum absolute atomic E-state index is 11.8. The fraction of sp³-hybridized carbons (Fsp3) is 0.250. The number of benzene rings is 1. The SMILES string of the molecule is COc1ccccc1CNCCNC(=O)c1ccncc1. The minimum Gasteiger partial charge on any atom is -0.496 e. The lowest BCUT2D eigenvalue weighted by molar-refractivity contribution is 0.0954. The Hall–Kier alpha value is -2.40. The van der Waals surface area contributed by atoms with Gasteiger partial charge in [0.15, 0.2) is 0 Å². The van der Waals surface area contributed by atoms with E-state index < -0.39 is 0 Å². The maximum atomic E-state index is 11.8. The minimum atomic E-state index is -0.0866.